The Balaban J connectivity index is 1.22. The molecule has 2 saturated heterocycles. The van der Waals surface area contributed by atoms with Crippen LogP contribution in [-0.2, 0) is 38.2 Å². The number of rotatable bonds is 23. The molecule has 290 valence electrons. The molecule has 0 unspecified atom stereocenters. The van der Waals surface area contributed by atoms with Crippen LogP contribution in [0.25, 0.3) is 0 Å². The number of hydrogen-bond acceptors (Lipinski definition) is 15. The minimum absolute atomic E-state index is 0.0504. The number of nitrogens with one attached hydrogen (secondary N) is 1. The maximum atomic E-state index is 12.5. The molecule has 3 rings (SSSR count). The van der Waals surface area contributed by atoms with Gasteiger partial charge in [-0.2, -0.15) is 0 Å². The molecule has 3 aliphatic rings. The first-order chi connectivity index (χ1) is 24.4. The molecule has 8 N–H and O–H groups in total. The fourth-order valence-electron chi connectivity index (χ4n) is 6.22. The predicted molar refractivity (Wildman–Crippen MR) is 175 cm³/mol. The number of imide groups is 1. The van der Waals surface area contributed by atoms with Crippen molar-refractivity contribution in [3.63, 3.8) is 0 Å². The number of ether oxygens (including phenoxy) is 3. The van der Waals surface area contributed by atoms with E-state index in [2.05, 4.69) is 5.32 Å². The highest BCUT2D eigenvalue weighted by molar-refractivity contribution is 6.12. The van der Waals surface area contributed by atoms with E-state index in [1.54, 1.807) is 0 Å². The van der Waals surface area contributed by atoms with Crippen LogP contribution in [0.1, 0.15) is 89.9 Å². The Labute approximate surface area is 296 Å². The molecular formula is C34H54N2O15. The van der Waals surface area contributed by atoms with Gasteiger partial charge in [0.15, 0.2) is 12.5 Å². The third-order valence-corrected chi connectivity index (χ3v) is 9.32. The third-order valence-electron chi connectivity index (χ3n) is 9.32. The van der Waals surface area contributed by atoms with Gasteiger partial charge in [-0.25, -0.2) is 0 Å². The highest BCUT2D eigenvalue weighted by atomic mass is 16.7. The van der Waals surface area contributed by atoms with Crippen molar-refractivity contribution in [3.05, 3.63) is 12.2 Å². The Kier molecular flexibility index (Phi) is 18.2. The molecule has 0 radical (unpaired) electrons. The number of Topliss-reactive ketones (excluding diaryl/α,β-unsaturated/α-hetero) is 2. The van der Waals surface area contributed by atoms with E-state index in [4.69, 9.17) is 14.2 Å². The van der Waals surface area contributed by atoms with Crippen LogP contribution in [0.2, 0.25) is 0 Å². The molecule has 0 aromatic heterocycles. The smallest absolute Gasteiger partial charge is 0.253 e. The van der Waals surface area contributed by atoms with Crippen molar-refractivity contribution in [2.75, 3.05) is 19.8 Å². The summed E-state index contributed by atoms with van der Waals surface area (Å²) in [6, 6.07) is 0. The first-order valence-electron chi connectivity index (χ1n) is 17.8. The molecule has 2 fully saturated rings. The minimum atomic E-state index is -1.79. The van der Waals surface area contributed by atoms with Gasteiger partial charge >= 0.3 is 0 Å². The van der Waals surface area contributed by atoms with E-state index in [-0.39, 0.29) is 29.8 Å². The summed E-state index contributed by atoms with van der Waals surface area (Å²) in [6.45, 7) is -1.07. The number of hydrogen-bond donors (Lipinski definition) is 8. The molecule has 0 saturated carbocycles. The fraction of sp³-hybridized carbons (Fsp3) is 0.794. The lowest BCUT2D eigenvalue weighted by molar-refractivity contribution is -0.343. The first-order valence-corrected chi connectivity index (χ1v) is 17.8. The van der Waals surface area contributed by atoms with Crippen molar-refractivity contribution in [2.24, 2.45) is 0 Å². The predicted octanol–water partition coefficient (Wildman–Crippen LogP) is -1.75. The second-order valence-corrected chi connectivity index (χ2v) is 13.3. The third kappa shape index (κ3) is 13.0. The zero-order chi connectivity index (χ0) is 37.5. The van der Waals surface area contributed by atoms with Crippen LogP contribution < -0.4 is 5.32 Å². The number of nitrogens with zero attached hydrogens (tertiary/aromatic N) is 1. The van der Waals surface area contributed by atoms with Crippen molar-refractivity contribution in [1.82, 2.24) is 10.2 Å². The maximum absolute atomic E-state index is 12.5. The molecule has 0 aromatic carbocycles. The van der Waals surface area contributed by atoms with Crippen LogP contribution in [0.5, 0.6) is 0 Å². The van der Waals surface area contributed by atoms with E-state index in [1.165, 1.54) is 17.1 Å². The van der Waals surface area contributed by atoms with Crippen LogP contribution in [0.3, 0.4) is 0 Å². The minimum Gasteiger partial charge on any atom is -0.394 e. The van der Waals surface area contributed by atoms with Gasteiger partial charge < -0.3 is 55.3 Å². The number of amides is 3. The lowest BCUT2D eigenvalue weighted by Gasteiger charge is -2.46. The van der Waals surface area contributed by atoms with Gasteiger partial charge in [0, 0.05) is 50.8 Å². The number of aliphatic hydroxyl groups excluding tert-OH is 7. The molecule has 17 nitrogen and oxygen atoms in total. The van der Waals surface area contributed by atoms with E-state index in [0.717, 1.165) is 12.8 Å². The number of ketones is 2. The average Bonchev–Trinajstić information content (AvgIpc) is 3.43. The zero-order valence-electron chi connectivity index (χ0n) is 28.8. The van der Waals surface area contributed by atoms with Gasteiger partial charge in [0.2, 0.25) is 5.91 Å². The largest absolute Gasteiger partial charge is 0.394 e. The van der Waals surface area contributed by atoms with Crippen LogP contribution in [0, 0.1) is 0 Å². The summed E-state index contributed by atoms with van der Waals surface area (Å²) >= 11 is 0. The van der Waals surface area contributed by atoms with Crippen LogP contribution in [-0.4, -0.2) is 151 Å². The number of carbonyl (C=O) groups excluding carboxylic acids is 5. The maximum Gasteiger partial charge on any atom is 0.253 e. The van der Waals surface area contributed by atoms with Gasteiger partial charge in [0.25, 0.3) is 11.8 Å². The fourth-order valence-corrected chi connectivity index (χ4v) is 6.22. The van der Waals surface area contributed by atoms with Gasteiger partial charge in [-0.3, -0.25) is 28.9 Å². The molecule has 0 aromatic rings. The molecule has 0 aliphatic carbocycles. The number of unbranched alkanes of at least 4 members (excludes halogenated alkanes) is 6. The summed E-state index contributed by atoms with van der Waals surface area (Å²) in [5, 5.41) is 73.1. The van der Waals surface area contributed by atoms with Crippen LogP contribution in [0.15, 0.2) is 12.2 Å². The lowest BCUT2D eigenvalue weighted by Crippen LogP contribution is -2.66. The molecule has 17 heteroatoms. The highest BCUT2D eigenvalue weighted by Crippen LogP contribution is 2.29. The monoisotopic (exact) mass is 730 g/mol. The highest BCUT2D eigenvalue weighted by Gasteiger charge is 2.50. The van der Waals surface area contributed by atoms with Crippen molar-refractivity contribution in [1.29, 1.82) is 0 Å². The summed E-state index contributed by atoms with van der Waals surface area (Å²) in [7, 11) is 0. The van der Waals surface area contributed by atoms with Gasteiger partial charge in [-0.05, 0) is 38.5 Å². The van der Waals surface area contributed by atoms with Gasteiger partial charge in [-0.15, -0.1) is 0 Å². The van der Waals surface area contributed by atoms with E-state index < -0.39 is 80.5 Å². The van der Waals surface area contributed by atoms with Gasteiger partial charge in [-0.1, -0.05) is 19.3 Å². The van der Waals surface area contributed by atoms with Crippen molar-refractivity contribution in [3.8, 4) is 0 Å². The van der Waals surface area contributed by atoms with Crippen molar-refractivity contribution in [2.45, 2.75) is 151 Å². The Morgan fingerprint density at radius 3 is 1.67 bits per heavy atom. The normalized spacial score (nSPS) is 30.9. The molecule has 0 bridgehead atoms. The molecule has 0 spiro atoms. The first kappa shape index (κ1) is 42.7. The summed E-state index contributed by atoms with van der Waals surface area (Å²) < 4.78 is 16.3. The summed E-state index contributed by atoms with van der Waals surface area (Å²) in [6.07, 6.45) is -5.52. The summed E-state index contributed by atoms with van der Waals surface area (Å²) in [4.78, 5) is 61.1. The second-order valence-electron chi connectivity index (χ2n) is 13.3. The summed E-state index contributed by atoms with van der Waals surface area (Å²) in [5.74, 6) is -0.812. The Bertz CT molecular complexity index is 1160. The molecule has 3 heterocycles. The van der Waals surface area contributed by atoms with E-state index in [9.17, 15) is 59.7 Å². The Morgan fingerprint density at radius 1 is 0.627 bits per heavy atom. The topological polar surface area (TPSA) is 270 Å². The van der Waals surface area contributed by atoms with E-state index >= 15 is 0 Å². The number of carbonyl (C=O) groups is 5. The SMILES string of the molecule is O=C(CCCCCC(=O)CCCCCN1C(=O)C=CC1=O)CCCCCC(=O)N[C@@H]1O[C@H](CO)[C@H](O[C@@H]2O[C@H](CO)[C@@H](O)[C@H](O)[C@H]2O)[C@H](O)[C@H]1O. The van der Waals surface area contributed by atoms with E-state index in [0.29, 0.717) is 77.2 Å². The average molecular weight is 731 g/mol. The second kappa shape index (κ2) is 21.7. The van der Waals surface area contributed by atoms with Crippen molar-refractivity contribution < 1.29 is 73.9 Å². The molecular weight excluding hydrogens is 676 g/mol. The standard InChI is InChI=1S/C34H54N2O15/c37-18-22-27(44)28(45)31(48)34(50-22)51-32-23(19-38)49-33(30(47)29(32)46)35-24(41)14-8-2-6-12-20(39)10-4-1-5-11-21(40)13-7-3-9-17-36-25(42)15-16-26(36)43/h15-16,22-23,27-34,37-38,44-48H,1-14,17-19H2,(H,35,41)/t22-,23-,27-,28+,29-,30-,31-,32+,33-,34+/m1/s1. The molecule has 3 amide bonds. The molecule has 51 heavy (non-hydrogen) atoms. The Morgan fingerprint density at radius 2 is 1.14 bits per heavy atom. The van der Waals surface area contributed by atoms with E-state index in [1.807, 2.05) is 0 Å². The van der Waals surface area contributed by atoms with Crippen molar-refractivity contribution >= 4 is 29.3 Å². The van der Waals surface area contributed by atoms with Crippen LogP contribution >= 0.6 is 0 Å². The Hall–Kier alpha value is -2.71. The lowest BCUT2D eigenvalue weighted by atomic mass is 9.96. The zero-order valence-corrected chi connectivity index (χ0v) is 28.8. The number of aliphatic hydroxyl groups is 7. The summed E-state index contributed by atoms with van der Waals surface area (Å²) in [5.41, 5.74) is 0. The van der Waals surface area contributed by atoms with Gasteiger partial charge in [0.1, 0.15) is 60.4 Å². The molecule has 3 aliphatic heterocycles. The van der Waals surface area contributed by atoms with Crippen LogP contribution in [0.4, 0.5) is 0 Å². The van der Waals surface area contributed by atoms with Gasteiger partial charge in [0.05, 0.1) is 13.2 Å². The molecule has 10 atom stereocenters. The quantitative estimate of drug-likeness (QED) is 0.0428.